The molecule has 3 N–H and O–H groups in total. The van der Waals surface area contributed by atoms with E-state index in [0.29, 0.717) is 36.6 Å². The van der Waals surface area contributed by atoms with E-state index in [1.54, 1.807) is 21.3 Å². The fraction of sp³-hybridized carbons (Fsp3) is 0.619. The third-order valence-corrected chi connectivity index (χ3v) is 5.25. The molecule has 0 spiro atoms. The number of piperidine rings is 1. The van der Waals surface area contributed by atoms with Gasteiger partial charge in [0.15, 0.2) is 11.5 Å². The number of primary amides is 1. The lowest BCUT2D eigenvalue weighted by Gasteiger charge is -2.31. The molecule has 1 aromatic carbocycles. The highest BCUT2D eigenvalue weighted by atomic mass is 16.5. The molecule has 0 radical (unpaired) electrons. The molecule has 8 heteroatoms. The fourth-order valence-corrected chi connectivity index (χ4v) is 3.65. The van der Waals surface area contributed by atoms with Crippen LogP contribution >= 0.6 is 0 Å². The summed E-state index contributed by atoms with van der Waals surface area (Å²) >= 11 is 0. The van der Waals surface area contributed by atoms with E-state index in [4.69, 9.17) is 19.9 Å². The van der Waals surface area contributed by atoms with Crippen LogP contribution in [0.15, 0.2) is 12.1 Å². The van der Waals surface area contributed by atoms with Crippen LogP contribution in [0.2, 0.25) is 0 Å². The highest BCUT2D eigenvalue weighted by molar-refractivity contribution is 5.77. The molecule has 0 bridgehead atoms. The highest BCUT2D eigenvalue weighted by Crippen LogP contribution is 2.38. The number of methoxy groups -OCH3 is 3. The molecule has 1 aromatic rings. The number of likely N-dealkylation sites (tertiary alicyclic amines) is 1. The Hall–Kier alpha value is -2.48. The van der Waals surface area contributed by atoms with Gasteiger partial charge in [0.05, 0.1) is 27.2 Å². The largest absolute Gasteiger partial charge is 0.493 e. The van der Waals surface area contributed by atoms with Crippen LogP contribution < -0.4 is 25.3 Å². The Morgan fingerprint density at radius 3 is 2.45 bits per heavy atom. The van der Waals surface area contributed by atoms with E-state index in [9.17, 15) is 9.59 Å². The first kappa shape index (κ1) is 22.8. The van der Waals surface area contributed by atoms with Crippen LogP contribution in [0, 0.1) is 5.92 Å². The van der Waals surface area contributed by atoms with Crippen LogP contribution in [0.1, 0.15) is 31.2 Å². The van der Waals surface area contributed by atoms with Crippen molar-refractivity contribution in [1.82, 2.24) is 10.2 Å². The van der Waals surface area contributed by atoms with Crippen molar-refractivity contribution in [3.63, 3.8) is 0 Å². The molecule has 2 rings (SSSR count). The average molecular weight is 408 g/mol. The van der Waals surface area contributed by atoms with Gasteiger partial charge in [-0.3, -0.25) is 9.59 Å². The normalized spacial score (nSPS) is 16.9. The first-order valence-corrected chi connectivity index (χ1v) is 10.1. The molecular formula is C21H33N3O5. The molecule has 1 unspecified atom stereocenters. The molecule has 1 atom stereocenters. The maximum atomic E-state index is 12.2. The minimum absolute atomic E-state index is 0.00686. The van der Waals surface area contributed by atoms with E-state index in [0.717, 1.165) is 44.5 Å². The number of carbonyl (C=O) groups is 2. The number of hydrogen-bond donors (Lipinski definition) is 2. The van der Waals surface area contributed by atoms with E-state index in [-0.39, 0.29) is 17.7 Å². The Labute approximate surface area is 172 Å². The van der Waals surface area contributed by atoms with Gasteiger partial charge in [0.1, 0.15) is 0 Å². The third kappa shape index (κ3) is 6.81. The average Bonchev–Trinajstić information content (AvgIpc) is 2.74. The number of amides is 2. The van der Waals surface area contributed by atoms with Crippen molar-refractivity contribution in [3.05, 3.63) is 17.7 Å². The van der Waals surface area contributed by atoms with E-state index in [1.807, 2.05) is 12.1 Å². The van der Waals surface area contributed by atoms with Crippen molar-refractivity contribution in [2.24, 2.45) is 11.7 Å². The number of rotatable bonds is 11. The molecule has 162 valence electrons. The number of nitrogens with two attached hydrogens (primary N) is 1. The molecule has 29 heavy (non-hydrogen) atoms. The second-order valence-electron chi connectivity index (χ2n) is 7.28. The van der Waals surface area contributed by atoms with Gasteiger partial charge in [-0.1, -0.05) is 0 Å². The van der Waals surface area contributed by atoms with Crippen molar-refractivity contribution >= 4 is 11.8 Å². The third-order valence-electron chi connectivity index (χ3n) is 5.25. The zero-order valence-electron chi connectivity index (χ0n) is 17.7. The van der Waals surface area contributed by atoms with Gasteiger partial charge in [-0.25, -0.2) is 0 Å². The minimum Gasteiger partial charge on any atom is -0.493 e. The Kier molecular flexibility index (Phi) is 9.05. The predicted octanol–water partition coefficient (Wildman–Crippen LogP) is 1.35. The standard InChI is InChI=1S/C21H33N3O5/c1-27-17-12-15(13-18(28-2)20(17)29-3)7-8-19(25)23-9-5-11-24-10-4-6-16(14-24)21(22)26/h12-13,16H,4-11,14H2,1-3H3,(H2,22,26)(H,23,25). The number of ether oxygens (including phenoxy) is 3. The number of benzene rings is 1. The summed E-state index contributed by atoms with van der Waals surface area (Å²) in [6.45, 7) is 3.19. The van der Waals surface area contributed by atoms with Crippen LogP contribution in [0.25, 0.3) is 0 Å². The molecule has 1 saturated heterocycles. The van der Waals surface area contributed by atoms with Gasteiger partial charge < -0.3 is 30.2 Å². The first-order valence-electron chi connectivity index (χ1n) is 10.1. The van der Waals surface area contributed by atoms with Crippen LogP contribution in [0.3, 0.4) is 0 Å². The van der Waals surface area contributed by atoms with E-state index in [1.165, 1.54) is 0 Å². The van der Waals surface area contributed by atoms with Gasteiger partial charge in [-0.2, -0.15) is 0 Å². The zero-order chi connectivity index (χ0) is 21.2. The summed E-state index contributed by atoms with van der Waals surface area (Å²) in [5.41, 5.74) is 6.36. The Morgan fingerprint density at radius 1 is 1.17 bits per heavy atom. The Morgan fingerprint density at radius 2 is 1.86 bits per heavy atom. The van der Waals surface area contributed by atoms with E-state index < -0.39 is 0 Å². The lowest BCUT2D eigenvalue weighted by atomic mass is 9.97. The van der Waals surface area contributed by atoms with Crippen molar-refractivity contribution in [2.75, 3.05) is 47.5 Å². The van der Waals surface area contributed by atoms with Gasteiger partial charge in [0.25, 0.3) is 0 Å². The smallest absolute Gasteiger partial charge is 0.221 e. The molecular weight excluding hydrogens is 374 g/mol. The van der Waals surface area contributed by atoms with Crippen LogP contribution in [-0.2, 0) is 16.0 Å². The van der Waals surface area contributed by atoms with E-state index >= 15 is 0 Å². The summed E-state index contributed by atoms with van der Waals surface area (Å²) in [6.07, 6.45) is 3.68. The number of nitrogens with one attached hydrogen (secondary N) is 1. The van der Waals surface area contributed by atoms with E-state index in [2.05, 4.69) is 10.2 Å². The lowest BCUT2D eigenvalue weighted by Crippen LogP contribution is -2.42. The maximum absolute atomic E-state index is 12.2. The molecule has 1 heterocycles. The summed E-state index contributed by atoms with van der Waals surface area (Å²) in [5.74, 6) is 1.45. The summed E-state index contributed by atoms with van der Waals surface area (Å²) in [5, 5.41) is 2.96. The Balaban J connectivity index is 1.73. The fourth-order valence-electron chi connectivity index (χ4n) is 3.65. The topological polar surface area (TPSA) is 103 Å². The van der Waals surface area contributed by atoms with Crippen LogP contribution in [0.5, 0.6) is 17.2 Å². The second kappa shape index (κ2) is 11.5. The summed E-state index contributed by atoms with van der Waals surface area (Å²) < 4.78 is 16.0. The summed E-state index contributed by atoms with van der Waals surface area (Å²) in [4.78, 5) is 25.8. The quantitative estimate of drug-likeness (QED) is 0.537. The molecule has 0 saturated carbocycles. The van der Waals surface area contributed by atoms with Gasteiger partial charge in [0, 0.05) is 19.5 Å². The van der Waals surface area contributed by atoms with Gasteiger partial charge in [0.2, 0.25) is 17.6 Å². The minimum atomic E-state index is -0.213. The van der Waals surface area contributed by atoms with Crippen molar-refractivity contribution in [2.45, 2.75) is 32.1 Å². The Bertz CT molecular complexity index is 670. The highest BCUT2D eigenvalue weighted by Gasteiger charge is 2.23. The molecule has 0 aliphatic carbocycles. The van der Waals surface area contributed by atoms with Gasteiger partial charge in [-0.15, -0.1) is 0 Å². The number of nitrogens with zero attached hydrogens (tertiary/aromatic N) is 1. The molecule has 1 fully saturated rings. The number of hydrogen-bond acceptors (Lipinski definition) is 6. The molecule has 1 aliphatic rings. The molecule has 1 aliphatic heterocycles. The summed E-state index contributed by atoms with van der Waals surface area (Å²) in [7, 11) is 4.70. The predicted molar refractivity (Wildman–Crippen MR) is 110 cm³/mol. The molecule has 2 amide bonds. The van der Waals surface area contributed by atoms with Gasteiger partial charge in [-0.05, 0) is 56.5 Å². The van der Waals surface area contributed by atoms with Crippen molar-refractivity contribution in [1.29, 1.82) is 0 Å². The van der Waals surface area contributed by atoms with Crippen molar-refractivity contribution in [3.8, 4) is 17.2 Å². The SMILES string of the molecule is COc1cc(CCC(=O)NCCCN2CCCC(C(N)=O)C2)cc(OC)c1OC. The first-order chi connectivity index (χ1) is 14.0. The molecule has 8 nitrogen and oxygen atoms in total. The summed E-state index contributed by atoms with van der Waals surface area (Å²) in [6, 6.07) is 3.72. The van der Waals surface area contributed by atoms with Crippen LogP contribution in [-0.4, -0.2) is 64.2 Å². The maximum Gasteiger partial charge on any atom is 0.221 e. The molecule has 0 aromatic heterocycles. The number of carbonyl (C=O) groups excluding carboxylic acids is 2. The van der Waals surface area contributed by atoms with Crippen molar-refractivity contribution < 1.29 is 23.8 Å². The lowest BCUT2D eigenvalue weighted by molar-refractivity contribution is -0.123. The van der Waals surface area contributed by atoms with Crippen LogP contribution in [0.4, 0.5) is 0 Å². The number of aryl methyl sites for hydroxylation is 1. The van der Waals surface area contributed by atoms with Gasteiger partial charge >= 0.3 is 0 Å². The second-order valence-corrected chi connectivity index (χ2v) is 7.28. The zero-order valence-corrected chi connectivity index (χ0v) is 17.7. The monoisotopic (exact) mass is 407 g/mol.